The third-order valence-corrected chi connectivity index (χ3v) is 13.4. The summed E-state index contributed by atoms with van der Waals surface area (Å²) in [5.41, 5.74) is 13.9. The maximum absolute atomic E-state index is 5.55. The predicted octanol–water partition coefficient (Wildman–Crippen LogP) is 4.51. The average Bonchev–Trinajstić information content (AvgIpc) is 3.43. The smallest absolute Gasteiger partial charge is 0.0253 e. The first-order valence-corrected chi connectivity index (χ1v) is 20.9. The molecular weight excluding hydrogens is 592 g/mol. The monoisotopic (exact) mass is 673 g/mol. The SMILES string of the molecule is CC12CCC(NCCCNCCCCNCCCN)C=C1CCC1C2CCC2(C)C(CNCCCNCCCCNCCCN)CCC12. The van der Waals surface area contributed by atoms with E-state index in [2.05, 4.69) is 51.8 Å². The fourth-order valence-electron chi connectivity index (χ4n) is 10.4. The molecule has 7 atom stereocenters. The Morgan fingerprint density at radius 1 is 0.583 bits per heavy atom. The average molecular weight is 673 g/mol. The molecule has 0 spiro atoms. The molecule has 0 radical (unpaired) electrons. The lowest BCUT2D eigenvalue weighted by Gasteiger charge is -2.58. The van der Waals surface area contributed by atoms with Crippen LogP contribution in [0.15, 0.2) is 11.6 Å². The summed E-state index contributed by atoms with van der Waals surface area (Å²) in [6, 6.07) is 0.587. The van der Waals surface area contributed by atoms with Gasteiger partial charge in [0.15, 0.2) is 0 Å². The number of nitrogens with one attached hydrogen (secondary N) is 6. The molecule has 3 saturated carbocycles. The van der Waals surface area contributed by atoms with E-state index in [0.717, 1.165) is 115 Å². The summed E-state index contributed by atoms with van der Waals surface area (Å²) >= 11 is 0. The van der Waals surface area contributed by atoms with Crippen molar-refractivity contribution < 1.29 is 0 Å². The van der Waals surface area contributed by atoms with Crippen molar-refractivity contribution >= 4 is 0 Å². The van der Waals surface area contributed by atoms with Gasteiger partial charge in [0.2, 0.25) is 0 Å². The summed E-state index contributed by atoms with van der Waals surface area (Å²) in [6.07, 6.45) is 23.7. The summed E-state index contributed by atoms with van der Waals surface area (Å²) in [4.78, 5) is 0. The highest BCUT2D eigenvalue weighted by Crippen LogP contribution is 2.66. The van der Waals surface area contributed by atoms with Crippen molar-refractivity contribution in [3.63, 3.8) is 0 Å². The molecule has 0 aromatic carbocycles. The summed E-state index contributed by atoms with van der Waals surface area (Å²) < 4.78 is 0. The highest BCUT2D eigenvalue weighted by molar-refractivity contribution is 5.26. The molecule has 0 aromatic heterocycles. The second kappa shape index (κ2) is 22.4. The highest BCUT2D eigenvalue weighted by atomic mass is 14.9. The normalized spacial score (nSPS) is 31.3. The van der Waals surface area contributed by atoms with Crippen LogP contribution < -0.4 is 43.4 Å². The minimum absolute atomic E-state index is 0.452. The van der Waals surface area contributed by atoms with Crippen LogP contribution in [0, 0.1) is 34.5 Å². The first kappa shape index (κ1) is 40.2. The summed E-state index contributed by atoms with van der Waals surface area (Å²) in [5, 5.41) is 22.1. The molecular formula is C40H80N8. The Balaban J connectivity index is 1.08. The number of rotatable bonds is 27. The number of hydrogen-bond donors (Lipinski definition) is 8. The molecule has 8 nitrogen and oxygen atoms in total. The van der Waals surface area contributed by atoms with E-state index < -0.39 is 0 Å². The van der Waals surface area contributed by atoms with Crippen LogP contribution >= 0.6 is 0 Å². The van der Waals surface area contributed by atoms with Gasteiger partial charge in [0.1, 0.15) is 0 Å². The molecule has 8 heteroatoms. The van der Waals surface area contributed by atoms with Crippen molar-refractivity contribution in [2.24, 2.45) is 46.0 Å². The Bertz CT molecular complexity index is 883. The Kier molecular flexibility index (Phi) is 18.7. The fourth-order valence-corrected chi connectivity index (χ4v) is 10.4. The first-order valence-electron chi connectivity index (χ1n) is 20.9. The minimum atomic E-state index is 0.452. The third-order valence-electron chi connectivity index (χ3n) is 13.4. The molecule has 4 rings (SSSR count). The maximum atomic E-state index is 5.55. The van der Waals surface area contributed by atoms with Crippen molar-refractivity contribution in [2.75, 3.05) is 85.1 Å². The molecule has 0 heterocycles. The molecule has 0 amide bonds. The zero-order chi connectivity index (χ0) is 33.9. The van der Waals surface area contributed by atoms with Gasteiger partial charge in [-0.15, -0.1) is 0 Å². The number of nitrogens with two attached hydrogens (primary N) is 2. The lowest BCUT2D eigenvalue weighted by molar-refractivity contribution is -0.0516. The lowest BCUT2D eigenvalue weighted by atomic mass is 9.46. The molecule has 3 fully saturated rings. The van der Waals surface area contributed by atoms with Crippen LogP contribution in [0.2, 0.25) is 0 Å². The molecule has 7 unspecified atom stereocenters. The van der Waals surface area contributed by atoms with Crippen LogP contribution in [0.25, 0.3) is 0 Å². The third kappa shape index (κ3) is 12.0. The van der Waals surface area contributed by atoms with Crippen molar-refractivity contribution in [3.8, 4) is 0 Å². The van der Waals surface area contributed by atoms with Crippen molar-refractivity contribution in [2.45, 2.75) is 123 Å². The van der Waals surface area contributed by atoms with Crippen LogP contribution in [0.3, 0.4) is 0 Å². The molecule has 0 aliphatic heterocycles. The lowest BCUT2D eigenvalue weighted by Crippen LogP contribution is -2.52. The minimum Gasteiger partial charge on any atom is -0.330 e. The van der Waals surface area contributed by atoms with E-state index in [9.17, 15) is 0 Å². The van der Waals surface area contributed by atoms with Crippen LogP contribution in [0.1, 0.15) is 117 Å². The number of unbranched alkanes of at least 4 members (excludes halogenated alkanes) is 2. The molecule has 0 saturated heterocycles. The standard InChI is InChI=1S/C40H80N8/c1-39-17-15-35(48-30-10-28-46-24-6-4-22-44-26-8-20-42)31-33(39)11-13-36-37-14-12-34(40(37,2)18-16-38(36)39)32-47-29-9-27-45-23-5-3-21-43-25-7-19-41/h31,34-38,43-48H,3-30,32,41-42H2,1-2H3. The van der Waals surface area contributed by atoms with E-state index in [1.165, 1.54) is 96.4 Å². The quantitative estimate of drug-likeness (QED) is 0.0474. The Labute approximate surface area is 296 Å². The van der Waals surface area contributed by atoms with E-state index in [4.69, 9.17) is 11.5 Å². The zero-order valence-electron chi connectivity index (χ0n) is 31.6. The first-order chi connectivity index (χ1) is 23.5. The zero-order valence-corrected chi connectivity index (χ0v) is 31.6. The fraction of sp³-hybridized carbons (Fsp3) is 0.950. The Hall–Kier alpha value is -0.580. The Morgan fingerprint density at radius 2 is 1.15 bits per heavy atom. The summed E-state index contributed by atoms with van der Waals surface area (Å²) in [6.45, 7) is 19.4. The van der Waals surface area contributed by atoms with Gasteiger partial charge in [-0.2, -0.15) is 0 Å². The predicted molar refractivity (Wildman–Crippen MR) is 206 cm³/mol. The summed E-state index contributed by atoms with van der Waals surface area (Å²) in [5.74, 6) is 3.68. The van der Waals surface area contributed by atoms with Crippen LogP contribution in [-0.4, -0.2) is 91.1 Å². The van der Waals surface area contributed by atoms with Gasteiger partial charge in [-0.3, -0.25) is 0 Å². The topological polar surface area (TPSA) is 124 Å². The van der Waals surface area contributed by atoms with E-state index in [-0.39, 0.29) is 0 Å². The van der Waals surface area contributed by atoms with Crippen LogP contribution in [-0.2, 0) is 0 Å². The molecule has 280 valence electrons. The van der Waals surface area contributed by atoms with Gasteiger partial charge in [0, 0.05) is 6.04 Å². The largest absolute Gasteiger partial charge is 0.330 e. The maximum Gasteiger partial charge on any atom is 0.0253 e. The number of allylic oxidation sites excluding steroid dienone is 1. The number of fused-ring (bicyclic) bond motifs is 5. The molecule has 0 aromatic rings. The van der Waals surface area contributed by atoms with Crippen molar-refractivity contribution in [1.82, 2.24) is 31.9 Å². The summed E-state index contributed by atoms with van der Waals surface area (Å²) in [7, 11) is 0. The molecule has 0 bridgehead atoms. The van der Waals surface area contributed by atoms with Gasteiger partial charge >= 0.3 is 0 Å². The highest BCUT2D eigenvalue weighted by Gasteiger charge is 2.58. The van der Waals surface area contributed by atoms with Gasteiger partial charge < -0.3 is 43.4 Å². The van der Waals surface area contributed by atoms with E-state index >= 15 is 0 Å². The van der Waals surface area contributed by atoms with Crippen molar-refractivity contribution in [3.05, 3.63) is 11.6 Å². The van der Waals surface area contributed by atoms with E-state index in [1.807, 2.05) is 5.57 Å². The molecule has 4 aliphatic rings. The Morgan fingerprint density at radius 3 is 1.77 bits per heavy atom. The van der Waals surface area contributed by atoms with Crippen LogP contribution in [0.5, 0.6) is 0 Å². The molecule has 10 N–H and O–H groups in total. The van der Waals surface area contributed by atoms with E-state index in [0.29, 0.717) is 16.9 Å². The number of hydrogen-bond acceptors (Lipinski definition) is 8. The second-order valence-electron chi connectivity index (χ2n) is 16.6. The van der Waals surface area contributed by atoms with Crippen LogP contribution in [0.4, 0.5) is 0 Å². The van der Waals surface area contributed by atoms with Gasteiger partial charge in [-0.05, 0) is 222 Å². The van der Waals surface area contributed by atoms with E-state index in [1.54, 1.807) is 0 Å². The second-order valence-corrected chi connectivity index (χ2v) is 16.6. The van der Waals surface area contributed by atoms with Gasteiger partial charge in [0.25, 0.3) is 0 Å². The molecule has 48 heavy (non-hydrogen) atoms. The van der Waals surface area contributed by atoms with Crippen molar-refractivity contribution in [1.29, 1.82) is 0 Å². The molecule has 4 aliphatic carbocycles. The van der Waals surface area contributed by atoms with Gasteiger partial charge in [-0.1, -0.05) is 25.5 Å². The van der Waals surface area contributed by atoms with Gasteiger partial charge in [-0.25, -0.2) is 0 Å². The van der Waals surface area contributed by atoms with Gasteiger partial charge in [0.05, 0.1) is 0 Å².